The maximum absolute atomic E-state index is 12.5. The van der Waals surface area contributed by atoms with E-state index in [4.69, 9.17) is 0 Å². The maximum atomic E-state index is 12.5. The van der Waals surface area contributed by atoms with Crippen molar-refractivity contribution in [2.45, 2.75) is 6.18 Å². The molecule has 0 atom stereocenters. The molecule has 0 aliphatic rings. The monoisotopic (exact) mass is 333 g/mol. The molecule has 0 amide bonds. The van der Waals surface area contributed by atoms with Crippen molar-refractivity contribution in [3.63, 3.8) is 0 Å². The smallest absolute Gasteiger partial charge is 0.416 e. The highest BCUT2D eigenvalue weighted by atomic mass is 19.4. The van der Waals surface area contributed by atoms with E-state index < -0.39 is 23.5 Å². The lowest BCUT2D eigenvalue weighted by Gasteiger charge is -2.05. The molecule has 0 aliphatic carbocycles. The van der Waals surface area contributed by atoms with Gasteiger partial charge in [0, 0.05) is 5.56 Å². The zero-order chi connectivity index (χ0) is 17.7. The molecule has 0 bridgehead atoms. The minimum absolute atomic E-state index is 0.0420. The van der Waals surface area contributed by atoms with Crippen LogP contribution in [0.2, 0.25) is 0 Å². The fourth-order valence-electron chi connectivity index (χ4n) is 1.71. The summed E-state index contributed by atoms with van der Waals surface area (Å²) >= 11 is 0. The first kappa shape index (κ1) is 17.2. The van der Waals surface area contributed by atoms with Crippen molar-refractivity contribution in [2.24, 2.45) is 0 Å². The SMILES string of the molecule is COC(=O)c1cccc(C(=O)C#Cc2ccc(C(F)(F)F)cc2)n1. The molecule has 24 heavy (non-hydrogen) atoms. The first-order chi connectivity index (χ1) is 11.3. The number of hydrogen-bond acceptors (Lipinski definition) is 4. The molecule has 4 nitrogen and oxygen atoms in total. The van der Waals surface area contributed by atoms with Crippen LogP contribution in [-0.2, 0) is 10.9 Å². The van der Waals surface area contributed by atoms with E-state index in [0.717, 1.165) is 12.1 Å². The van der Waals surface area contributed by atoms with E-state index >= 15 is 0 Å². The number of ketones is 1. The normalized spacial score (nSPS) is 10.5. The van der Waals surface area contributed by atoms with Gasteiger partial charge in [-0.25, -0.2) is 9.78 Å². The van der Waals surface area contributed by atoms with Crippen LogP contribution in [0.25, 0.3) is 0 Å². The number of carbonyl (C=O) groups is 2. The zero-order valence-corrected chi connectivity index (χ0v) is 12.3. The van der Waals surface area contributed by atoms with Gasteiger partial charge in [-0.2, -0.15) is 13.2 Å². The van der Waals surface area contributed by atoms with Crippen molar-refractivity contribution in [1.29, 1.82) is 0 Å². The molecule has 0 unspecified atom stereocenters. The summed E-state index contributed by atoms with van der Waals surface area (Å²) in [6, 6.07) is 8.30. The van der Waals surface area contributed by atoms with Gasteiger partial charge in [-0.3, -0.25) is 4.79 Å². The number of esters is 1. The number of hydrogen-bond donors (Lipinski definition) is 0. The maximum Gasteiger partial charge on any atom is 0.416 e. The van der Waals surface area contributed by atoms with Crippen LogP contribution in [0.4, 0.5) is 13.2 Å². The Balaban J connectivity index is 2.19. The lowest BCUT2D eigenvalue weighted by Crippen LogP contribution is -2.08. The number of methoxy groups -OCH3 is 1. The van der Waals surface area contributed by atoms with Gasteiger partial charge in [0.05, 0.1) is 12.7 Å². The Morgan fingerprint density at radius 3 is 2.25 bits per heavy atom. The summed E-state index contributed by atoms with van der Waals surface area (Å²) in [5.41, 5.74) is -0.649. The molecule has 1 aromatic heterocycles. The van der Waals surface area contributed by atoms with Gasteiger partial charge in [-0.15, -0.1) is 0 Å². The van der Waals surface area contributed by atoms with Crippen molar-refractivity contribution < 1.29 is 27.5 Å². The van der Waals surface area contributed by atoms with Crippen LogP contribution in [0.15, 0.2) is 42.5 Å². The molecule has 7 heteroatoms. The largest absolute Gasteiger partial charge is 0.464 e. The predicted octanol–water partition coefficient (Wildman–Crippen LogP) is 3.12. The second-order valence-corrected chi connectivity index (χ2v) is 4.55. The van der Waals surface area contributed by atoms with E-state index in [1.54, 1.807) is 0 Å². The topological polar surface area (TPSA) is 56.3 Å². The Morgan fingerprint density at radius 1 is 1.04 bits per heavy atom. The Morgan fingerprint density at radius 2 is 1.67 bits per heavy atom. The molecule has 0 radical (unpaired) electrons. The van der Waals surface area contributed by atoms with Gasteiger partial charge in [-0.05, 0) is 42.3 Å². The number of aromatic nitrogens is 1. The first-order valence-corrected chi connectivity index (χ1v) is 6.60. The Bertz CT molecular complexity index is 831. The van der Waals surface area contributed by atoms with E-state index in [1.807, 2.05) is 0 Å². The summed E-state index contributed by atoms with van der Waals surface area (Å²) < 4.78 is 41.9. The number of halogens is 3. The fourth-order valence-corrected chi connectivity index (χ4v) is 1.71. The quantitative estimate of drug-likeness (QED) is 0.481. The fraction of sp³-hybridized carbons (Fsp3) is 0.118. The molecule has 0 fully saturated rings. The molecule has 1 heterocycles. The van der Waals surface area contributed by atoms with E-state index in [1.165, 1.54) is 37.4 Å². The van der Waals surface area contributed by atoms with Crippen LogP contribution < -0.4 is 0 Å². The number of alkyl halides is 3. The summed E-state index contributed by atoms with van der Waals surface area (Å²) in [6.45, 7) is 0. The Kier molecular flexibility index (Phi) is 4.99. The van der Waals surface area contributed by atoms with E-state index in [9.17, 15) is 22.8 Å². The number of nitrogens with zero attached hydrogens (tertiary/aromatic N) is 1. The minimum atomic E-state index is -4.43. The van der Waals surface area contributed by atoms with Crippen LogP contribution in [0, 0.1) is 11.8 Å². The Hall–Kier alpha value is -3.14. The van der Waals surface area contributed by atoms with Crippen molar-refractivity contribution in [1.82, 2.24) is 4.98 Å². The van der Waals surface area contributed by atoms with Crippen molar-refractivity contribution in [3.05, 3.63) is 65.0 Å². The second-order valence-electron chi connectivity index (χ2n) is 4.55. The third-order valence-corrected chi connectivity index (χ3v) is 2.91. The first-order valence-electron chi connectivity index (χ1n) is 6.60. The van der Waals surface area contributed by atoms with Crippen molar-refractivity contribution in [3.8, 4) is 11.8 Å². The highest BCUT2D eigenvalue weighted by Gasteiger charge is 2.29. The molecule has 1 aromatic carbocycles. The molecule has 0 spiro atoms. The van der Waals surface area contributed by atoms with Gasteiger partial charge in [0.25, 0.3) is 5.78 Å². The summed E-state index contributed by atoms with van der Waals surface area (Å²) in [4.78, 5) is 27.1. The average Bonchev–Trinajstić information content (AvgIpc) is 2.58. The molecule has 0 saturated heterocycles. The molecular formula is C17H10F3NO3. The van der Waals surface area contributed by atoms with Gasteiger partial charge in [0.1, 0.15) is 11.4 Å². The number of ether oxygens (including phenoxy) is 1. The van der Waals surface area contributed by atoms with Crippen LogP contribution >= 0.6 is 0 Å². The lowest BCUT2D eigenvalue weighted by molar-refractivity contribution is -0.137. The molecule has 2 aromatic rings. The lowest BCUT2D eigenvalue weighted by atomic mass is 10.1. The van der Waals surface area contributed by atoms with Gasteiger partial charge in [-0.1, -0.05) is 12.0 Å². The third-order valence-electron chi connectivity index (χ3n) is 2.91. The summed E-state index contributed by atoms with van der Waals surface area (Å²) in [5.74, 6) is 3.37. The summed E-state index contributed by atoms with van der Waals surface area (Å²) in [7, 11) is 1.18. The molecular weight excluding hydrogens is 323 g/mol. The van der Waals surface area contributed by atoms with E-state index in [0.29, 0.717) is 0 Å². The predicted molar refractivity (Wildman–Crippen MR) is 78.2 cm³/mol. The van der Waals surface area contributed by atoms with Gasteiger partial charge in [0.2, 0.25) is 0 Å². The third kappa shape index (κ3) is 4.20. The van der Waals surface area contributed by atoms with Crippen LogP contribution in [0.1, 0.15) is 32.1 Å². The minimum Gasteiger partial charge on any atom is -0.464 e. The standard InChI is InChI=1S/C17H10F3NO3/c1-24-16(23)14-4-2-3-13(21-14)15(22)10-7-11-5-8-12(9-6-11)17(18,19)20/h2-6,8-9H,1H3. The highest BCUT2D eigenvalue weighted by Crippen LogP contribution is 2.28. The van der Waals surface area contributed by atoms with E-state index in [2.05, 4.69) is 21.6 Å². The zero-order valence-electron chi connectivity index (χ0n) is 12.3. The molecule has 0 saturated carbocycles. The number of carbonyl (C=O) groups excluding carboxylic acids is 2. The number of rotatable bonds is 2. The van der Waals surface area contributed by atoms with Gasteiger partial charge in [0.15, 0.2) is 0 Å². The number of benzene rings is 1. The summed E-state index contributed by atoms with van der Waals surface area (Å²) in [5, 5.41) is 0. The second kappa shape index (κ2) is 6.96. The van der Waals surface area contributed by atoms with Crippen LogP contribution in [-0.4, -0.2) is 23.8 Å². The van der Waals surface area contributed by atoms with Crippen LogP contribution in [0.5, 0.6) is 0 Å². The van der Waals surface area contributed by atoms with Gasteiger partial charge < -0.3 is 4.74 Å². The molecule has 122 valence electrons. The van der Waals surface area contributed by atoms with Crippen molar-refractivity contribution >= 4 is 11.8 Å². The molecule has 0 aliphatic heterocycles. The van der Waals surface area contributed by atoms with E-state index in [-0.39, 0.29) is 17.0 Å². The summed E-state index contributed by atoms with van der Waals surface area (Å²) in [6.07, 6.45) is -4.43. The Labute approximate surface area is 135 Å². The van der Waals surface area contributed by atoms with Crippen molar-refractivity contribution in [2.75, 3.05) is 7.11 Å². The van der Waals surface area contributed by atoms with Gasteiger partial charge >= 0.3 is 12.1 Å². The highest BCUT2D eigenvalue weighted by molar-refractivity contribution is 6.08. The average molecular weight is 333 g/mol. The van der Waals surface area contributed by atoms with Crippen LogP contribution in [0.3, 0.4) is 0 Å². The number of pyridine rings is 1. The molecule has 2 rings (SSSR count). The number of Topliss-reactive ketones (excluding diaryl/α,β-unsaturated/α-hetero) is 1. The molecule has 0 N–H and O–H groups in total.